The monoisotopic (exact) mass is 255 g/mol. The first-order valence-corrected chi connectivity index (χ1v) is 7.09. The van der Waals surface area contributed by atoms with Crippen molar-refractivity contribution in [2.45, 2.75) is 6.42 Å². The molecule has 0 spiro atoms. The van der Waals surface area contributed by atoms with Crippen LogP contribution in [0.25, 0.3) is 0 Å². The minimum absolute atomic E-state index is 0.0778. The molecule has 0 saturated carbocycles. The van der Waals surface area contributed by atoms with Crippen LogP contribution in [0.5, 0.6) is 5.75 Å². The molecule has 17 heavy (non-hydrogen) atoms. The normalized spacial score (nSPS) is 22.3. The fourth-order valence-electron chi connectivity index (χ4n) is 1.94. The fourth-order valence-corrected chi connectivity index (χ4v) is 3.68. The first-order chi connectivity index (χ1) is 8.03. The van der Waals surface area contributed by atoms with Gasteiger partial charge >= 0.3 is 0 Å². The van der Waals surface area contributed by atoms with Crippen molar-refractivity contribution in [2.75, 3.05) is 18.6 Å². The van der Waals surface area contributed by atoms with Gasteiger partial charge in [0.05, 0.1) is 18.6 Å². The van der Waals surface area contributed by atoms with Gasteiger partial charge in [0.25, 0.3) is 0 Å². The molecular weight excluding hydrogens is 242 g/mol. The van der Waals surface area contributed by atoms with Gasteiger partial charge in [-0.2, -0.15) is 0 Å². The predicted molar refractivity (Wildman–Crippen MR) is 61.9 cm³/mol. The number of carbonyl (C=O) groups is 1. The molecule has 1 atom stereocenters. The number of ketones is 1. The van der Waals surface area contributed by atoms with E-state index in [1.54, 1.807) is 12.1 Å². The highest BCUT2D eigenvalue weighted by Gasteiger charge is 2.34. The number of Topliss-reactive ketones (excluding diaryl/α,β-unsaturated/α-hetero) is 1. The second-order valence-corrected chi connectivity index (χ2v) is 6.25. The molecule has 0 aromatic carbocycles. The molecule has 92 valence electrons. The number of methoxy groups -OCH3 is 1. The number of carbonyl (C=O) groups excluding carboxylic acids is 1. The van der Waals surface area contributed by atoms with Crippen LogP contribution in [0.1, 0.15) is 16.9 Å². The van der Waals surface area contributed by atoms with Gasteiger partial charge in [0.2, 0.25) is 0 Å². The molecule has 0 radical (unpaired) electrons. The zero-order valence-electron chi connectivity index (χ0n) is 9.42. The Balaban J connectivity index is 2.26. The second-order valence-electron chi connectivity index (χ2n) is 4.02. The molecule has 1 saturated heterocycles. The molecule has 0 aliphatic carbocycles. The summed E-state index contributed by atoms with van der Waals surface area (Å²) in [6, 6.07) is 3.31. The number of pyridine rings is 1. The van der Waals surface area contributed by atoms with E-state index in [0.717, 1.165) is 0 Å². The molecule has 0 amide bonds. The van der Waals surface area contributed by atoms with Crippen molar-refractivity contribution in [3.8, 4) is 5.75 Å². The van der Waals surface area contributed by atoms with E-state index in [1.165, 1.54) is 13.3 Å². The van der Waals surface area contributed by atoms with Gasteiger partial charge in [0.15, 0.2) is 15.6 Å². The predicted octanol–water partition coefficient (Wildman–Crippen LogP) is 0.708. The highest BCUT2D eigenvalue weighted by atomic mass is 32.2. The Labute approximate surface area is 99.7 Å². The van der Waals surface area contributed by atoms with Gasteiger partial charge in [-0.05, 0) is 18.6 Å². The minimum atomic E-state index is -3.06. The summed E-state index contributed by atoms with van der Waals surface area (Å²) in [5.41, 5.74) is 0.220. The van der Waals surface area contributed by atoms with Crippen LogP contribution in [-0.2, 0) is 9.84 Å². The third-order valence-corrected chi connectivity index (χ3v) is 4.60. The topological polar surface area (TPSA) is 73.3 Å². The van der Waals surface area contributed by atoms with Crippen molar-refractivity contribution < 1.29 is 17.9 Å². The Kier molecular flexibility index (Phi) is 3.15. The summed E-state index contributed by atoms with van der Waals surface area (Å²) in [6.07, 6.45) is 1.88. The molecule has 6 heteroatoms. The molecule has 2 rings (SSSR count). The smallest absolute Gasteiger partial charge is 0.189 e. The lowest BCUT2D eigenvalue weighted by atomic mass is 10.0. The van der Waals surface area contributed by atoms with Crippen molar-refractivity contribution in [1.82, 2.24) is 4.98 Å². The van der Waals surface area contributed by atoms with Crippen LogP contribution in [0, 0.1) is 5.92 Å². The van der Waals surface area contributed by atoms with Gasteiger partial charge in [-0.25, -0.2) is 13.4 Å². The first kappa shape index (κ1) is 12.0. The SMILES string of the molecule is COc1cccnc1C(=O)C1CCS(=O)(=O)C1. The average molecular weight is 255 g/mol. The lowest BCUT2D eigenvalue weighted by Gasteiger charge is -2.09. The van der Waals surface area contributed by atoms with Gasteiger partial charge in [-0.3, -0.25) is 4.79 Å². The molecule has 1 aliphatic rings. The van der Waals surface area contributed by atoms with Crippen LogP contribution in [0.15, 0.2) is 18.3 Å². The molecule has 1 aromatic heterocycles. The Morgan fingerprint density at radius 2 is 2.29 bits per heavy atom. The molecule has 1 fully saturated rings. The van der Waals surface area contributed by atoms with Crippen LogP contribution < -0.4 is 4.74 Å². The number of rotatable bonds is 3. The third-order valence-electron chi connectivity index (χ3n) is 2.83. The van der Waals surface area contributed by atoms with Gasteiger partial charge in [0, 0.05) is 12.1 Å². The zero-order chi connectivity index (χ0) is 12.5. The largest absolute Gasteiger partial charge is 0.494 e. The quantitative estimate of drug-likeness (QED) is 0.744. The van der Waals surface area contributed by atoms with Gasteiger partial charge in [-0.1, -0.05) is 0 Å². The summed E-state index contributed by atoms with van der Waals surface area (Å²) in [7, 11) is -1.60. The zero-order valence-corrected chi connectivity index (χ0v) is 10.2. The highest BCUT2D eigenvalue weighted by molar-refractivity contribution is 7.91. The Hall–Kier alpha value is -1.43. The second kappa shape index (κ2) is 4.44. The van der Waals surface area contributed by atoms with E-state index < -0.39 is 15.8 Å². The third kappa shape index (κ3) is 2.46. The average Bonchev–Trinajstić information content (AvgIpc) is 2.68. The Morgan fingerprint density at radius 1 is 1.53 bits per heavy atom. The number of hydrogen-bond acceptors (Lipinski definition) is 5. The van der Waals surface area contributed by atoms with Crippen LogP contribution in [-0.4, -0.2) is 37.8 Å². The van der Waals surface area contributed by atoms with Crippen LogP contribution in [0.4, 0.5) is 0 Å². The molecule has 1 aromatic rings. The number of ether oxygens (including phenoxy) is 1. The van der Waals surface area contributed by atoms with Gasteiger partial charge in [-0.15, -0.1) is 0 Å². The number of nitrogens with zero attached hydrogens (tertiary/aromatic N) is 1. The molecule has 0 bridgehead atoms. The van der Waals surface area contributed by atoms with Gasteiger partial charge < -0.3 is 4.74 Å². The summed E-state index contributed by atoms with van der Waals surface area (Å²) in [6.45, 7) is 0. The summed E-state index contributed by atoms with van der Waals surface area (Å²) in [5.74, 6) is -0.335. The molecule has 1 unspecified atom stereocenters. The van der Waals surface area contributed by atoms with Gasteiger partial charge in [0.1, 0.15) is 11.4 Å². The van der Waals surface area contributed by atoms with E-state index in [2.05, 4.69) is 4.98 Å². The number of hydrogen-bond donors (Lipinski definition) is 0. The number of aromatic nitrogens is 1. The van der Waals surface area contributed by atoms with Crippen LogP contribution in [0.3, 0.4) is 0 Å². The van der Waals surface area contributed by atoms with Crippen molar-refractivity contribution in [3.63, 3.8) is 0 Å². The van der Waals surface area contributed by atoms with E-state index in [0.29, 0.717) is 12.2 Å². The molecule has 0 N–H and O–H groups in total. The van der Waals surface area contributed by atoms with Crippen molar-refractivity contribution in [1.29, 1.82) is 0 Å². The summed E-state index contributed by atoms with van der Waals surface area (Å²) in [5, 5.41) is 0. The van der Waals surface area contributed by atoms with E-state index in [9.17, 15) is 13.2 Å². The van der Waals surface area contributed by atoms with Crippen LogP contribution in [0.2, 0.25) is 0 Å². The maximum Gasteiger partial charge on any atom is 0.189 e. The van der Waals surface area contributed by atoms with Crippen molar-refractivity contribution in [3.05, 3.63) is 24.0 Å². The lowest BCUT2D eigenvalue weighted by Crippen LogP contribution is -2.18. The first-order valence-electron chi connectivity index (χ1n) is 5.27. The lowest BCUT2D eigenvalue weighted by molar-refractivity contribution is 0.0925. The van der Waals surface area contributed by atoms with Crippen molar-refractivity contribution in [2.24, 2.45) is 5.92 Å². The van der Waals surface area contributed by atoms with Crippen molar-refractivity contribution >= 4 is 15.6 Å². The molecular formula is C11H13NO4S. The highest BCUT2D eigenvalue weighted by Crippen LogP contribution is 2.25. The molecule has 1 aliphatic heterocycles. The Bertz CT molecular complexity index is 538. The number of sulfone groups is 1. The van der Waals surface area contributed by atoms with E-state index in [-0.39, 0.29) is 23.0 Å². The van der Waals surface area contributed by atoms with Crippen LogP contribution >= 0.6 is 0 Å². The van der Waals surface area contributed by atoms with E-state index in [1.807, 2.05) is 0 Å². The Morgan fingerprint density at radius 3 is 2.88 bits per heavy atom. The maximum atomic E-state index is 12.1. The standard InChI is InChI=1S/C11H13NO4S/c1-16-9-3-2-5-12-10(9)11(13)8-4-6-17(14,15)7-8/h2-3,5,8H,4,6-7H2,1H3. The fraction of sp³-hybridized carbons (Fsp3) is 0.455. The minimum Gasteiger partial charge on any atom is -0.494 e. The van der Waals surface area contributed by atoms with E-state index >= 15 is 0 Å². The van der Waals surface area contributed by atoms with E-state index in [4.69, 9.17) is 4.74 Å². The summed E-state index contributed by atoms with van der Waals surface area (Å²) >= 11 is 0. The summed E-state index contributed by atoms with van der Waals surface area (Å²) in [4.78, 5) is 16.1. The molecule has 2 heterocycles. The molecule has 5 nitrogen and oxygen atoms in total. The summed E-state index contributed by atoms with van der Waals surface area (Å²) < 4.78 is 27.7. The maximum absolute atomic E-state index is 12.1.